The van der Waals surface area contributed by atoms with Crippen LogP contribution in [0, 0.1) is 5.92 Å². The van der Waals surface area contributed by atoms with Crippen LogP contribution in [0.15, 0.2) is 48.5 Å². The molecule has 2 aliphatic rings. The maximum atomic E-state index is 12.7. The lowest BCUT2D eigenvalue weighted by molar-refractivity contribution is -0.120. The number of sulfonamides is 1. The third-order valence-electron chi connectivity index (χ3n) is 6.38. The van der Waals surface area contributed by atoms with Crippen molar-refractivity contribution in [3.63, 3.8) is 0 Å². The number of carbonyl (C=O) groups is 1. The van der Waals surface area contributed by atoms with Crippen LogP contribution in [0.2, 0.25) is 0 Å². The number of hydrogen-bond donors (Lipinski definition) is 2. The predicted octanol–water partition coefficient (Wildman–Crippen LogP) is 4.21. The van der Waals surface area contributed by atoms with E-state index >= 15 is 0 Å². The van der Waals surface area contributed by atoms with E-state index in [-0.39, 0.29) is 17.9 Å². The minimum Gasteiger partial charge on any atom is -0.341 e. The van der Waals surface area contributed by atoms with Crippen LogP contribution in [0.25, 0.3) is 0 Å². The quantitative estimate of drug-likeness (QED) is 0.704. The third-order valence-corrected chi connectivity index (χ3v) is 8.29. The summed E-state index contributed by atoms with van der Waals surface area (Å²) >= 11 is 0. The summed E-state index contributed by atoms with van der Waals surface area (Å²) in [5.41, 5.74) is 4.54. The number of hydrogen-bond acceptors (Lipinski definition) is 4. The summed E-state index contributed by atoms with van der Waals surface area (Å²) in [6.45, 7) is 4.32. The second-order valence-electron chi connectivity index (χ2n) is 8.83. The number of anilines is 3. The average molecular weight is 442 g/mol. The summed E-state index contributed by atoms with van der Waals surface area (Å²) < 4.78 is 26.9. The molecule has 1 fully saturated rings. The lowest BCUT2D eigenvalue weighted by Gasteiger charge is -2.28. The van der Waals surface area contributed by atoms with Gasteiger partial charge in [0, 0.05) is 35.6 Å². The van der Waals surface area contributed by atoms with Gasteiger partial charge in [0.2, 0.25) is 15.9 Å². The molecule has 31 heavy (non-hydrogen) atoms. The van der Waals surface area contributed by atoms with E-state index in [2.05, 4.69) is 51.3 Å². The Morgan fingerprint density at radius 2 is 1.68 bits per heavy atom. The molecule has 1 saturated carbocycles. The molecule has 0 radical (unpaired) electrons. The van der Waals surface area contributed by atoms with Crippen LogP contribution in [0.4, 0.5) is 17.1 Å². The fourth-order valence-corrected chi connectivity index (χ4v) is 5.39. The van der Waals surface area contributed by atoms with Crippen LogP contribution in [-0.2, 0) is 21.2 Å². The highest BCUT2D eigenvalue weighted by atomic mass is 32.2. The molecule has 0 saturated heterocycles. The summed E-state index contributed by atoms with van der Waals surface area (Å²) in [6.07, 6.45) is 3.82. The van der Waals surface area contributed by atoms with Crippen molar-refractivity contribution in [3.8, 4) is 0 Å². The molecular weight excluding hydrogens is 410 g/mol. The second-order valence-corrected chi connectivity index (χ2v) is 11.1. The first-order valence-corrected chi connectivity index (χ1v) is 12.7. The van der Waals surface area contributed by atoms with E-state index in [9.17, 15) is 13.2 Å². The minimum absolute atomic E-state index is 0.0180. The Morgan fingerprint density at radius 1 is 1.00 bits per heavy atom. The Bertz CT molecular complexity index is 1030. The van der Waals surface area contributed by atoms with Gasteiger partial charge in [-0.2, -0.15) is 0 Å². The van der Waals surface area contributed by atoms with Crippen LogP contribution in [0.3, 0.4) is 0 Å². The van der Waals surface area contributed by atoms with E-state index in [1.165, 1.54) is 11.3 Å². The molecule has 166 valence electrons. The van der Waals surface area contributed by atoms with Crippen LogP contribution < -0.4 is 14.9 Å². The lowest BCUT2D eigenvalue weighted by atomic mass is 9.86. The highest BCUT2D eigenvalue weighted by molar-refractivity contribution is 7.90. The number of para-hydroxylation sites is 1. The van der Waals surface area contributed by atoms with Crippen LogP contribution in [0.1, 0.15) is 45.1 Å². The minimum atomic E-state index is -3.27. The van der Waals surface area contributed by atoms with Gasteiger partial charge in [0.25, 0.3) is 0 Å². The predicted molar refractivity (Wildman–Crippen MR) is 125 cm³/mol. The Balaban J connectivity index is 1.31. The van der Waals surface area contributed by atoms with Gasteiger partial charge in [-0.3, -0.25) is 4.79 Å². The third kappa shape index (κ3) is 4.93. The van der Waals surface area contributed by atoms with Gasteiger partial charge in [-0.15, -0.1) is 0 Å². The van der Waals surface area contributed by atoms with Gasteiger partial charge in [-0.05, 0) is 81.8 Å². The van der Waals surface area contributed by atoms with Gasteiger partial charge >= 0.3 is 0 Å². The molecule has 0 atom stereocenters. The topological polar surface area (TPSA) is 78.5 Å². The zero-order chi connectivity index (χ0) is 22.0. The molecule has 1 aliphatic heterocycles. The van der Waals surface area contributed by atoms with Crippen LogP contribution in [-0.4, -0.2) is 32.2 Å². The van der Waals surface area contributed by atoms with E-state index in [1.54, 1.807) is 13.8 Å². The highest BCUT2D eigenvalue weighted by Gasteiger charge is 2.29. The summed E-state index contributed by atoms with van der Waals surface area (Å²) in [7, 11) is -3.27. The lowest BCUT2D eigenvalue weighted by Crippen LogP contribution is -2.42. The number of nitrogens with zero attached hydrogens (tertiary/aromatic N) is 1. The summed E-state index contributed by atoms with van der Waals surface area (Å²) in [4.78, 5) is 15.0. The molecule has 1 aliphatic carbocycles. The molecule has 0 aromatic heterocycles. The molecule has 6 nitrogen and oxygen atoms in total. The van der Waals surface area contributed by atoms with Crippen molar-refractivity contribution < 1.29 is 13.2 Å². The van der Waals surface area contributed by atoms with E-state index in [1.807, 2.05) is 12.1 Å². The number of carbonyl (C=O) groups excluding carboxylic acids is 1. The molecule has 2 aromatic rings. The number of rotatable bonds is 6. The largest absolute Gasteiger partial charge is 0.341 e. The van der Waals surface area contributed by atoms with Crippen molar-refractivity contribution in [2.75, 3.05) is 16.8 Å². The zero-order valence-corrected chi connectivity index (χ0v) is 19.0. The van der Waals surface area contributed by atoms with Gasteiger partial charge < -0.3 is 10.2 Å². The first kappa shape index (κ1) is 21.8. The molecule has 0 bridgehead atoms. The number of benzene rings is 2. The van der Waals surface area contributed by atoms with E-state index in [0.717, 1.165) is 24.3 Å². The van der Waals surface area contributed by atoms with Gasteiger partial charge in [0.15, 0.2) is 0 Å². The molecule has 1 heterocycles. The Morgan fingerprint density at radius 3 is 2.35 bits per heavy atom. The SMILES string of the molecule is CC(C)S(=O)(=O)NC1CCC(C(=O)Nc2ccc(N3CCc4ccccc43)cc2)CC1. The standard InChI is InChI=1S/C24H31N3O3S/c1-17(2)31(29,30)26-21-9-7-19(8-10-21)24(28)25-20-11-13-22(14-12-20)27-16-15-18-5-3-4-6-23(18)27/h3-6,11-14,17,19,21,26H,7-10,15-16H2,1-2H3,(H,25,28). The smallest absolute Gasteiger partial charge is 0.227 e. The van der Waals surface area contributed by atoms with Gasteiger partial charge in [-0.25, -0.2) is 13.1 Å². The van der Waals surface area contributed by atoms with Crippen LogP contribution >= 0.6 is 0 Å². The van der Waals surface area contributed by atoms with Gasteiger partial charge in [0.05, 0.1) is 5.25 Å². The molecule has 1 amide bonds. The van der Waals surface area contributed by atoms with Crippen molar-refractivity contribution in [1.82, 2.24) is 4.72 Å². The normalized spacial score (nSPS) is 21.2. The fraction of sp³-hybridized carbons (Fsp3) is 0.458. The van der Waals surface area contributed by atoms with Gasteiger partial charge in [0.1, 0.15) is 0 Å². The van der Waals surface area contributed by atoms with Crippen molar-refractivity contribution in [2.24, 2.45) is 5.92 Å². The van der Waals surface area contributed by atoms with E-state index in [0.29, 0.717) is 25.7 Å². The Kier molecular flexibility index (Phi) is 6.34. The maximum absolute atomic E-state index is 12.7. The van der Waals surface area contributed by atoms with Crippen LogP contribution in [0.5, 0.6) is 0 Å². The summed E-state index contributed by atoms with van der Waals surface area (Å²) in [5.74, 6) is -0.0608. The first-order chi connectivity index (χ1) is 14.8. The monoisotopic (exact) mass is 441 g/mol. The van der Waals surface area contributed by atoms with Crippen molar-refractivity contribution in [1.29, 1.82) is 0 Å². The molecule has 2 aromatic carbocycles. The summed E-state index contributed by atoms with van der Waals surface area (Å²) in [5, 5.41) is 2.59. The first-order valence-electron chi connectivity index (χ1n) is 11.1. The molecule has 2 N–H and O–H groups in total. The van der Waals surface area contributed by atoms with Crippen molar-refractivity contribution >= 4 is 33.0 Å². The Hall–Kier alpha value is -2.38. The number of nitrogens with one attached hydrogen (secondary N) is 2. The fourth-order valence-electron chi connectivity index (χ4n) is 4.42. The average Bonchev–Trinajstić information content (AvgIpc) is 3.18. The molecule has 0 unspecified atom stereocenters. The molecule has 0 spiro atoms. The number of fused-ring (bicyclic) bond motifs is 1. The van der Waals surface area contributed by atoms with Crippen molar-refractivity contribution in [2.45, 2.75) is 57.2 Å². The Labute approximate surface area is 185 Å². The summed E-state index contributed by atoms with van der Waals surface area (Å²) in [6, 6.07) is 16.4. The molecule has 4 rings (SSSR count). The second kappa shape index (κ2) is 9.01. The van der Waals surface area contributed by atoms with E-state index in [4.69, 9.17) is 0 Å². The highest BCUT2D eigenvalue weighted by Crippen LogP contribution is 2.34. The maximum Gasteiger partial charge on any atom is 0.227 e. The number of amides is 1. The zero-order valence-electron chi connectivity index (χ0n) is 18.2. The van der Waals surface area contributed by atoms with Crippen molar-refractivity contribution in [3.05, 3.63) is 54.1 Å². The van der Waals surface area contributed by atoms with Gasteiger partial charge in [-0.1, -0.05) is 18.2 Å². The molecule has 7 heteroatoms. The van der Waals surface area contributed by atoms with E-state index < -0.39 is 15.3 Å². The molecular formula is C24H31N3O3S.